The number of aliphatic hydroxyl groups excluding tert-OH is 1. The smallest absolute Gasteiger partial charge is 0.330 e. The molecular formula is C31H44O6. The van der Waals surface area contributed by atoms with Crippen LogP contribution in [0.25, 0.3) is 0 Å². The number of cyclic esters (lactones) is 1. The Morgan fingerprint density at radius 1 is 1.11 bits per heavy atom. The van der Waals surface area contributed by atoms with E-state index in [2.05, 4.69) is 45.6 Å². The van der Waals surface area contributed by atoms with Crippen LogP contribution in [0.15, 0.2) is 60.3 Å². The average molecular weight is 513 g/mol. The van der Waals surface area contributed by atoms with Crippen LogP contribution in [0.4, 0.5) is 0 Å². The first-order valence-electron chi connectivity index (χ1n) is 13.9. The van der Waals surface area contributed by atoms with E-state index in [9.17, 15) is 9.90 Å². The number of carbonyl (C=O) groups is 1. The van der Waals surface area contributed by atoms with E-state index in [-0.39, 0.29) is 30.5 Å². The third kappa shape index (κ3) is 8.78. The molecule has 0 amide bonds. The van der Waals surface area contributed by atoms with Gasteiger partial charge in [0.05, 0.1) is 37.1 Å². The molecule has 0 saturated carbocycles. The number of fused-ring (bicyclic) bond motifs is 3. The summed E-state index contributed by atoms with van der Waals surface area (Å²) >= 11 is 0. The summed E-state index contributed by atoms with van der Waals surface area (Å²) in [5, 5.41) is 11.0. The molecule has 9 atom stereocenters. The van der Waals surface area contributed by atoms with Crippen LogP contribution in [0.5, 0.6) is 0 Å². The van der Waals surface area contributed by atoms with E-state index in [4.69, 9.17) is 18.9 Å². The van der Waals surface area contributed by atoms with Crippen molar-refractivity contribution >= 4 is 5.97 Å². The van der Waals surface area contributed by atoms with Crippen LogP contribution in [-0.4, -0.2) is 60.4 Å². The summed E-state index contributed by atoms with van der Waals surface area (Å²) in [4.78, 5) is 12.7. The molecule has 0 aromatic rings. The summed E-state index contributed by atoms with van der Waals surface area (Å²) in [5.41, 5.74) is 2.51. The maximum atomic E-state index is 12.7. The molecule has 4 rings (SSSR count). The summed E-state index contributed by atoms with van der Waals surface area (Å²) in [6.07, 6.45) is 17.2. The van der Waals surface area contributed by atoms with Gasteiger partial charge in [-0.15, -0.1) is 0 Å². The molecule has 4 heterocycles. The highest BCUT2D eigenvalue weighted by Gasteiger charge is 2.45. The van der Waals surface area contributed by atoms with Gasteiger partial charge in [-0.25, -0.2) is 4.79 Å². The summed E-state index contributed by atoms with van der Waals surface area (Å²) < 4.78 is 23.8. The van der Waals surface area contributed by atoms with E-state index in [1.165, 1.54) is 17.2 Å². The Balaban J connectivity index is 1.44. The molecular weight excluding hydrogens is 468 g/mol. The Hall–Kier alpha value is -1.99. The summed E-state index contributed by atoms with van der Waals surface area (Å²) in [6.45, 7) is 11.5. The third-order valence-electron chi connectivity index (χ3n) is 7.74. The van der Waals surface area contributed by atoms with Gasteiger partial charge in [0.25, 0.3) is 0 Å². The number of hydrogen-bond donors (Lipinski definition) is 1. The lowest BCUT2D eigenvalue weighted by Gasteiger charge is -2.28. The minimum Gasteiger partial charge on any atom is -0.456 e. The maximum Gasteiger partial charge on any atom is 0.330 e. The minimum absolute atomic E-state index is 0.0436. The van der Waals surface area contributed by atoms with Gasteiger partial charge in [0.1, 0.15) is 12.2 Å². The van der Waals surface area contributed by atoms with E-state index in [1.54, 1.807) is 12.2 Å². The van der Waals surface area contributed by atoms with Gasteiger partial charge in [-0.2, -0.15) is 0 Å². The molecule has 37 heavy (non-hydrogen) atoms. The van der Waals surface area contributed by atoms with Crippen LogP contribution in [0.1, 0.15) is 65.7 Å². The molecule has 6 heteroatoms. The van der Waals surface area contributed by atoms with Crippen molar-refractivity contribution < 1.29 is 28.8 Å². The Morgan fingerprint density at radius 3 is 2.76 bits per heavy atom. The van der Waals surface area contributed by atoms with Gasteiger partial charge >= 0.3 is 5.97 Å². The summed E-state index contributed by atoms with van der Waals surface area (Å²) in [5.74, 6) is 0.349. The van der Waals surface area contributed by atoms with Crippen LogP contribution in [0.2, 0.25) is 0 Å². The molecule has 2 bridgehead atoms. The van der Waals surface area contributed by atoms with Gasteiger partial charge in [0.2, 0.25) is 0 Å². The highest BCUT2D eigenvalue weighted by molar-refractivity contribution is 5.82. The molecule has 6 nitrogen and oxygen atoms in total. The fraction of sp³-hybridized carbons (Fsp3) is 0.645. The molecule has 1 fully saturated rings. The number of rotatable bonds is 3. The Labute approximate surface area is 222 Å². The molecule has 4 aliphatic rings. The number of epoxide rings is 1. The van der Waals surface area contributed by atoms with Crippen molar-refractivity contribution in [2.45, 2.75) is 108 Å². The summed E-state index contributed by atoms with van der Waals surface area (Å²) in [6, 6.07) is 0. The van der Waals surface area contributed by atoms with Crippen molar-refractivity contribution in [3.63, 3.8) is 0 Å². The Kier molecular flexibility index (Phi) is 9.99. The average Bonchev–Trinajstić information content (AvgIpc) is 3.61. The van der Waals surface area contributed by atoms with Crippen molar-refractivity contribution in [2.75, 3.05) is 6.61 Å². The molecule has 0 radical (unpaired) electrons. The predicted octanol–water partition coefficient (Wildman–Crippen LogP) is 5.38. The standard InChI is InChI=1S/C31H44O6/c1-20-13-14-34-25(17-20)11-12-27(32)28-19-29-31(37-29)23(4)16-21(2)15-22(3)18-26-9-5-7-24(35-26)8-6-10-30(33)36-28/h5-7,10-13,22-29,31-32H,2,8-9,14-19H2,1,3-4H3/b10-6-,12-11+/t22-,23-,24-,25+,26-,27-,28-,29+,31-/m0/s1. The summed E-state index contributed by atoms with van der Waals surface area (Å²) in [7, 11) is 0. The normalized spacial score (nSPS) is 39.6. The van der Waals surface area contributed by atoms with Gasteiger partial charge in [0, 0.05) is 12.5 Å². The maximum absolute atomic E-state index is 12.7. The SMILES string of the molecule is C=C1C[C@H](C)C[C@@H]2CC=C[C@@H](C/C=C\C(=O)O[C@H]([C@@H](O)/C=C/[C@@H]3CC(C)=CCO3)C[C@H]3O[C@H]3[C@@H](C)C1)O2. The molecule has 0 spiro atoms. The lowest BCUT2D eigenvalue weighted by molar-refractivity contribution is -0.148. The monoisotopic (exact) mass is 512 g/mol. The fourth-order valence-electron chi connectivity index (χ4n) is 5.77. The molecule has 1 N–H and O–H groups in total. The first-order chi connectivity index (χ1) is 17.8. The number of aliphatic hydroxyl groups is 1. The molecule has 0 aromatic carbocycles. The zero-order valence-electron chi connectivity index (χ0n) is 22.6. The van der Waals surface area contributed by atoms with Crippen LogP contribution >= 0.6 is 0 Å². The topological polar surface area (TPSA) is 77.5 Å². The second-order valence-electron chi connectivity index (χ2n) is 11.4. The van der Waals surface area contributed by atoms with Gasteiger partial charge in [-0.1, -0.05) is 68.0 Å². The van der Waals surface area contributed by atoms with Crippen LogP contribution < -0.4 is 0 Å². The number of hydrogen-bond acceptors (Lipinski definition) is 6. The fourth-order valence-corrected chi connectivity index (χ4v) is 5.77. The van der Waals surface area contributed by atoms with E-state index < -0.39 is 18.2 Å². The van der Waals surface area contributed by atoms with E-state index in [0.717, 1.165) is 32.1 Å². The largest absolute Gasteiger partial charge is 0.456 e. The first kappa shape index (κ1) is 28.0. The lowest BCUT2D eigenvalue weighted by atomic mass is 9.88. The number of ether oxygens (including phenoxy) is 4. The highest BCUT2D eigenvalue weighted by atomic mass is 16.6. The van der Waals surface area contributed by atoms with Crippen LogP contribution in [0.3, 0.4) is 0 Å². The Morgan fingerprint density at radius 2 is 1.95 bits per heavy atom. The number of carbonyl (C=O) groups excluding carboxylic acids is 1. The van der Waals surface area contributed by atoms with Crippen molar-refractivity contribution in [3.05, 3.63) is 60.3 Å². The van der Waals surface area contributed by atoms with E-state index >= 15 is 0 Å². The van der Waals surface area contributed by atoms with Gasteiger partial charge in [0.15, 0.2) is 0 Å². The minimum atomic E-state index is -0.945. The van der Waals surface area contributed by atoms with E-state index in [1.807, 2.05) is 6.08 Å². The zero-order valence-corrected chi connectivity index (χ0v) is 22.6. The molecule has 0 unspecified atom stereocenters. The first-order valence-corrected chi connectivity index (χ1v) is 13.9. The highest BCUT2D eigenvalue weighted by Crippen LogP contribution is 2.38. The molecule has 4 aliphatic heterocycles. The number of allylic oxidation sites excluding steroid dienone is 1. The van der Waals surface area contributed by atoms with Crippen molar-refractivity contribution in [2.24, 2.45) is 11.8 Å². The van der Waals surface area contributed by atoms with Gasteiger partial charge < -0.3 is 24.1 Å². The van der Waals surface area contributed by atoms with Crippen molar-refractivity contribution in [3.8, 4) is 0 Å². The second-order valence-corrected chi connectivity index (χ2v) is 11.4. The quantitative estimate of drug-likeness (QED) is 0.311. The molecule has 0 aromatic heterocycles. The zero-order chi connectivity index (χ0) is 26.4. The second kappa shape index (κ2) is 13.2. The third-order valence-corrected chi connectivity index (χ3v) is 7.74. The molecule has 0 aliphatic carbocycles. The van der Waals surface area contributed by atoms with Gasteiger partial charge in [-0.05, 0) is 57.3 Å². The Bertz CT molecular complexity index is 917. The van der Waals surface area contributed by atoms with Crippen molar-refractivity contribution in [1.29, 1.82) is 0 Å². The van der Waals surface area contributed by atoms with Gasteiger partial charge in [-0.3, -0.25) is 0 Å². The van der Waals surface area contributed by atoms with Crippen molar-refractivity contribution in [1.82, 2.24) is 0 Å². The lowest BCUT2D eigenvalue weighted by Crippen LogP contribution is -2.32. The van der Waals surface area contributed by atoms with Crippen LogP contribution in [-0.2, 0) is 23.7 Å². The van der Waals surface area contributed by atoms with Crippen LogP contribution in [0, 0.1) is 11.8 Å². The predicted molar refractivity (Wildman–Crippen MR) is 144 cm³/mol. The number of esters is 1. The molecule has 204 valence electrons. The van der Waals surface area contributed by atoms with E-state index in [0.29, 0.717) is 31.3 Å². The molecule has 1 saturated heterocycles.